The predicted octanol–water partition coefficient (Wildman–Crippen LogP) is 21.6. The molecule has 0 spiro atoms. The summed E-state index contributed by atoms with van der Waals surface area (Å²) < 4.78 is 12.6. The lowest BCUT2D eigenvalue weighted by molar-refractivity contribution is 0.669. The van der Waals surface area contributed by atoms with E-state index in [-0.39, 0.29) is 0 Å². The molecule has 8 heteroatoms. The summed E-state index contributed by atoms with van der Waals surface area (Å²) in [6.45, 7) is 0. The second-order valence-electron chi connectivity index (χ2n) is 22.9. The largest absolute Gasteiger partial charge is 0.456 e. The Kier molecular flexibility index (Phi) is 11.7. The number of hydrogen-bond donors (Lipinski definition) is 0. The Hall–Kier alpha value is -12.3. The highest BCUT2D eigenvalue weighted by Gasteiger charge is 2.21. The minimum atomic E-state index is 0.577. The third kappa shape index (κ3) is 8.60. The van der Waals surface area contributed by atoms with Crippen molar-refractivity contribution in [1.29, 1.82) is 0 Å². The maximum absolute atomic E-state index is 6.42. The quantitative estimate of drug-likeness (QED) is 0.152. The summed E-state index contributed by atoms with van der Waals surface area (Å²) in [5.41, 5.74) is 8.77. The number of rotatable bonds is 6. The van der Waals surface area contributed by atoms with Crippen LogP contribution in [0.3, 0.4) is 0 Å². The molecule has 0 radical (unpaired) electrons. The molecule has 0 atom stereocenters. The molecule has 90 heavy (non-hydrogen) atoms. The number of benzene rings is 15. The Labute approximate surface area is 514 Å². The van der Waals surface area contributed by atoms with E-state index in [9.17, 15) is 0 Å². The number of furan rings is 2. The molecule has 0 amide bonds. The molecule has 15 aromatic carbocycles. The molecule has 0 fully saturated rings. The van der Waals surface area contributed by atoms with Crippen LogP contribution in [-0.2, 0) is 0 Å². The number of aromatic nitrogens is 6. The zero-order valence-electron chi connectivity index (χ0n) is 48.2. The van der Waals surface area contributed by atoms with Crippen LogP contribution >= 0.6 is 0 Å². The zero-order chi connectivity index (χ0) is 59.2. The summed E-state index contributed by atoms with van der Waals surface area (Å²) in [4.78, 5) is 30.4. The molecule has 0 saturated heterocycles. The van der Waals surface area contributed by atoms with Gasteiger partial charge in [0.25, 0.3) is 0 Å². The second-order valence-corrected chi connectivity index (χ2v) is 22.9. The van der Waals surface area contributed by atoms with Crippen molar-refractivity contribution in [1.82, 2.24) is 29.9 Å². The lowest BCUT2D eigenvalue weighted by Gasteiger charge is -2.11. The first-order chi connectivity index (χ1) is 44.6. The first-order valence-electron chi connectivity index (χ1n) is 30.1. The van der Waals surface area contributed by atoms with Crippen LogP contribution in [0.2, 0.25) is 0 Å². The molecular formula is C82H48N6O2. The summed E-state index contributed by atoms with van der Waals surface area (Å²) in [7, 11) is 0. The Bertz CT molecular complexity index is 6130. The summed E-state index contributed by atoms with van der Waals surface area (Å²) >= 11 is 0. The van der Waals surface area contributed by atoms with Crippen molar-refractivity contribution in [3.05, 3.63) is 291 Å². The van der Waals surface area contributed by atoms with Gasteiger partial charge in [0.05, 0.1) is 5.56 Å². The van der Waals surface area contributed by atoms with Crippen LogP contribution < -0.4 is 0 Å². The van der Waals surface area contributed by atoms with Crippen molar-refractivity contribution in [2.24, 2.45) is 0 Å². The van der Waals surface area contributed by atoms with E-state index in [0.29, 0.717) is 34.9 Å². The van der Waals surface area contributed by atoms with Gasteiger partial charge in [-0.05, 0) is 118 Å². The van der Waals surface area contributed by atoms with Crippen molar-refractivity contribution in [2.75, 3.05) is 0 Å². The van der Waals surface area contributed by atoms with E-state index in [4.69, 9.17) is 38.7 Å². The fourth-order valence-electron chi connectivity index (χ4n) is 13.2. The summed E-state index contributed by atoms with van der Waals surface area (Å²) in [5.74, 6) is 3.70. The molecule has 0 N–H and O–H groups in total. The Balaban J connectivity index is 0.000000134. The molecule has 0 bridgehead atoms. The molecule has 0 aliphatic carbocycles. The smallest absolute Gasteiger partial charge is 0.167 e. The Morgan fingerprint density at radius 2 is 0.567 bits per heavy atom. The molecule has 418 valence electrons. The first kappa shape index (κ1) is 51.0. The lowest BCUT2D eigenvalue weighted by atomic mass is 9.96. The molecule has 0 aliphatic heterocycles. The van der Waals surface area contributed by atoms with Crippen LogP contribution in [-0.4, -0.2) is 29.9 Å². The van der Waals surface area contributed by atoms with E-state index < -0.39 is 0 Å². The molecular weight excluding hydrogens is 1100 g/mol. The van der Waals surface area contributed by atoms with Gasteiger partial charge in [-0.3, -0.25) is 0 Å². The van der Waals surface area contributed by atoms with E-state index in [1.807, 2.05) is 91.0 Å². The normalized spacial score (nSPS) is 11.8. The van der Waals surface area contributed by atoms with Crippen LogP contribution in [0.4, 0.5) is 0 Å². The van der Waals surface area contributed by atoms with Crippen molar-refractivity contribution in [3.8, 4) is 68.3 Å². The standard InChI is InChI=1S/C43H25N3O.C39H23N3O/c1-2-10-28-24-30(17-16-26(28)8-1)41-44-42(46-43(45-41)38-14-7-13-37-36-12-5-6-15-39(36)47-40(37)38)31-20-21-33-29(25-31)19-23-34-32-11-4-3-9-27(32)18-22-35(33)34;1-2-10-25(11-3-1)37-40-38(42-39(41-37)33-14-8-16-35-36(33)32-13-6-7-15-34(32)43-35)27-19-20-29-26(23-27)18-22-30-28-12-5-4-9-24(28)17-21-31(29)30/h1-25H;1-23H. The van der Waals surface area contributed by atoms with Gasteiger partial charge in [0.2, 0.25) is 0 Å². The second kappa shape index (κ2) is 20.7. The predicted molar refractivity (Wildman–Crippen MR) is 369 cm³/mol. The average Bonchev–Trinajstić information content (AvgIpc) is 1.22. The fraction of sp³-hybridized carbons (Fsp3) is 0. The number of para-hydroxylation sites is 3. The van der Waals surface area contributed by atoms with Gasteiger partial charge in [-0.1, -0.05) is 249 Å². The number of fused-ring (bicyclic) bond motifs is 17. The van der Waals surface area contributed by atoms with Gasteiger partial charge in [0.1, 0.15) is 22.3 Å². The van der Waals surface area contributed by atoms with Crippen LogP contribution in [0.5, 0.6) is 0 Å². The minimum absolute atomic E-state index is 0.577. The first-order valence-corrected chi connectivity index (χ1v) is 30.1. The monoisotopic (exact) mass is 1150 g/mol. The summed E-state index contributed by atoms with van der Waals surface area (Å²) in [6.07, 6.45) is 0. The number of hydrogen-bond acceptors (Lipinski definition) is 8. The third-order valence-corrected chi connectivity index (χ3v) is 17.6. The highest BCUT2D eigenvalue weighted by Crippen LogP contribution is 2.41. The molecule has 0 saturated carbocycles. The maximum Gasteiger partial charge on any atom is 0.167 e. The van der Waals surface area contributed by atoms with Gasteiger partial charge in [-0.15, -0.1) is 0 Å². The SMILES string of the molecule is c1ccc(-c2nc(-c3ccc4c(ccc5c6ccccc6ccc45)c3)nc(-c3cccc4oc5ccccc5c34)n2)cc1.c1ccc2cc(-c3nc(-c4ccc5c(ccc6c7ccccc7ccc56)c4)nc(-c4cccc5c4oc4ccccc45)n3)ccc2c1. The van der Waals surface area contributed by atoms with E-state index >= 15 is 0 Å². The summed E-state index contributed by atoms with van der Waals surface area (Å²) in [5, 5.41) is 21.2. The van der Waals surface area contributed by atoms with Crippen LogP contribution in [0.1, 0.15) is 0 Å². The van der Waals surface area contributed by atoms with Crippen molar-refractivity contribution >= 4 is 119 Å². The van der Waals surface area contributed by atoms with Crippen LogP contribution in [0.25, 0.3) is 188 Å². The van der Waals surface area contributed by atoms with Gasteiger partial charge >= 0.3 is 0 Å². The molecule has 0 unspecified atom stereocenters. The average molecular weight is 1150 g/mol. The minimum Gasteiger partial charge on any atom is -0.456 e. The Morgan fingerprint density at radius 1 is 0.189 bits per heavy atom. The molecule has 8 nitrogen and oxygen atoms in total. The molecule has 4 aromatic heterocycles. The van der Waals surface area contributed by atoms with Gasteiger partial charge in [0, 0.05) is 49.4 Å². The van der Waals surface area contributed by atoms with E-state index in [1.54, 1.807) is 0 Å². The van der Waals surface area contributed by atoms with Crippen molar-refractivity contribution in [2.45, 2.75) is 0 Å². The molecule has 4 heterocycles. The van der Waals surface area contributed by atoms with Gasteiger partial charge < -0.3 is 8.83 Å². The lowest BCUT2D eigenvalue weighted by Crippen LogP contribution is -2.00. The van der Waals surface area contributed by atoms with E-state index in [1.165, 1.54) is 59.2 Å². The number of nitrogens with zero attached hydrogens (tertiary/aromatic N) is 6. The molecule has 0 aliphatic rings. The van der Waals surface area contributed by atoms with Crippen molar-refractivity contribution < 1.29 is 8.83 Å². The van der Waals surface area contributed by atoms with Crippen molar-refractivity contribution in [3.63, 3.8) is 0 Å². The molecule has 19 aromatic rings. The zero-order valence-corrected chi connectivity index (χ0v) is 48.2. The Morgan fingerprint density at radius 3 is 1.18 bits per heavy atom. The van der Waals surface area contributed by atoms with Gasteiger partial charge in [0.15, 0.2) is 34.9 Å². The highest BCUT2D eigenvalue weighted by atomic mass is 16.3. The molecule has 19 rings (SSSR count). The summed E-state index contributed by atoms with van der Waals surface area (Å²) in [6, 6.07) is 101. The third-order valence-electron chi connectivity index (χ3n) is 17.6. The van der Waals surface area contributed by atoms with E-state index in [0.717, 1.165) is 93.4 Å². The van der Waals surface area contributed by atoms with Gasteiger partial charge in [-0.2, -0.15) is 0 Å². The van der Waals surface area contributed by atoms with Crippen LogP contribution in [0, 0.1) is 0 Å². The van der Waals surface area contributed by atoms with Gasteiger partial charge in [-0.25, -0.2) is 29.9 Å². The maximum atomic E-state index is 6.42. The van der Waals surface area contributed by atoms with Crippen LogP contribution in [0.15, 0.2) is 300 Å². The topological polar surface area (TPSA) is 104 Å². The fourth-order valence-corrected chi connectivity index (χ4v) is 13.2. The highest BCUT2D eigenvalue weighted by molar-refractivity contribution is 6.19. The van der Waals surface area contributed by atoms with E-state index in [2.05, 4.69) is 200 Å².